The Bertz CT molecular complexity index is 1600. The third kappa shape index (κ3) is 6.26. The Kier molecular flexibility index (Phi) is 9.08. The van der Waals surface area contributed by atoms with Crippen LogP contribution >= 0.6 is 11.8 Å². The lowest BCUT2D eigenvalue weighted by Crippen LogP contribution is -2.38. The number of aliphatic imine (C=N–C) groups is 1. The van der Waals surface area contributed by atoms with E-state index in [0.29, 0.717) is 46.9 Å². The molecule has 0 aliphatic carbocycles. The zero-order valence-corrected chi connectivity index (χ0v) is 24.3. The molecule has 0 radical (unpaired) electrons. The maximum absolute atomic E-state index is 12.9. The SMILES string of the molecule is C=CCc1ccc(OCCOc2ccc(/C=C3/C(=N)N4C(c5ccccc5)=CSC4=NC3=O)cc2OCC)c(OC)c1. The summed E-state index contributed by atoms with van der Waals surface area (Å²) in [5.74, 6) is 1.98. The van der Waals surface area contributed by atoms with Crippen molar-refractivity contribution in [2.24, 2.45) is 4.99 Å². The van der Waals surface area contributed by atoms with Gasteiger partial charge in [-0.05, 0) is 60.4 Å². The van der Waals surface area contributed by atoms with Gasteiger partial charge in [-0.1, -0.05) is 60.3 Å². The number of hydrogen-bond acceptors (Lipinski definition) is 7. The number of nitrogens with one attached hydrogen (secondary N) is 1. The molecule has 1 N–H and O–H groups in total. The van der Waals surface area contributed by atoms with Crippen molar-refractivity contribution in [2.45, 2.75) is 13.3 Å². The first kappa shape index (κ1) is 28.8. The van der Waals surface area contributed by atoms with E-state index in [1.54, 1.807) is 30.2 Å². The van der Waals surface area contributed by atoms with Gasteiger partial charge in [0.25, 0.3) is 5.91 Å². The number of amides is 1. The number of rotatable bonds is 12. The Labute approximate surface area is 249 Å². The predicted octanol–water partition coefficient (Wildman–Crippen LogP) is 6.58. The standard InChI is InChI=1S/C33H31N3O5S/c1-4-9-22-12-14-27(29(19-22)38-3)40-16-17-41-28-15-13-23(20-30(28)39-5-2)18-25-31(34)36-26(24-10-7-6-8-11-24)21-42-33(36)35-32(25)37/h4,6-8,10-15,18-21,34H,1,5,9,16-17H2,2-3H3/b25-18-,34-31?. The highest BCUT2D eigenvalue weighted by Crippen LogP contribution is 2.38. The van der Waals surface area contributed by atoms with Crippen LogP contribution in [0.4, 0.5) is 0 Å². The molecule has 0 saturated heterocycles. The van der Waals surface area contributed by atoms with Crippen molar-refractivity contribution in [1.82, 2.24) is 4.90 Å². The fraction of sp³-hybridized carbons (Fsp3) is 0.182. The zero-order chi connectivity index (χ0) is 29.5. The molecule has 5 rings (SSSR count). The minimum atomic E-state index is -0.454. The lowest BCUT2D eigenvalue weighted by molar-refractivity contribution is -0.114. The molecular formula is C33H31N3O5S. The van der Waals surface area contributed by atoms with Gasteiger partial charge >= 0.3 is 0 Å². The second kappa shape index (κ2) is 13.3. The van der Waals surface area contributed by atoms with Crippen molar-refractivity contribution in [3.63, 3.8) is 0 Å². The third-order valence-corrected chi connectivity index (χ3v) is 7.29. The quantitative estimate of drug-likeness (QED) is 0.147. The second-order valence-electron chi connectivity index (χ2n) is 9.24. The maximum Gasteiger partial charge on any atom is 0.283 e. The first-order valence-corrected chi connectivity index (χ1v) is 14.4. The van der Waals surface area contributed by atoms with Gasteiger partial charge in [0.2, 0.25) is 0 Å². The number of fused-ring (bicyclic) bond motifs is 1. The number of amidine groups is 2. The molecule has 0 atom stereocenters. The van der Waals surface area contributed by atoms with Gasteiger partial charge in [0, 0.05) is 5.41 Å². The van der Waals surface area contributed by atoms with E-state index in [4.69, 9.17) is 24.4 Å². The van der Waals surface area contributed by atoms with E-state index in [0.717, 1.165) is 23.2 Å². The Morgan fingerprint density at radius 1 is 0.952 bits per heavy atom. The van der Waals surface area contributed by atoms with Crippen molar-refractivity contribution in [2.75, 3.05) is 26.9 Å². The van der Waals surface area contributed by atoms with Crippen molar-refractivity contribution in [1.29, 1.82) is 5.41 Å². The molecular weight excluding hydrogens is 550 g/mol. The van der Waals surface area contributed by atoms with E-state index < -0.39 is 5.91 Å². The molecule has 2 aliphatic heterocycles. The first-order chi connectivity index (χ1) is 20.5. The summed E-state index contributed by atoms with van der Waals surface area (Å²) in [5, 5.41) is 11.3. The number of allylic oxidation sites excluding steroid dienone is 1. The summed E-state index contributed by atoms with van der Waals surface area (Å²) in [6.45, 7) is 6.67. The summed E-state index contributed by atoms with van der Waals surface area (Å²) in [6, 6.07) is 20.9. The van der Waals surface area contributed by atoms with Crippen molar-refractivity contribution >= 4 is 40.4 Å². The summed E-state index contributed by atoms with van der Waals surface area (Å²) < 4.78 is 23.2. The summed E-state index contributed by atoms with van der Waals surface area (Å²) in [5.41, 5.74) is 3.73. The Hall–Kier alpha value is -4.76. The number of carbonyl (C=O) groups excluding carboxylic acids is 1. The highest BCUT2D eigenvalue weighted by atomic mass is 32.2. The number of nitrogens with zero attached hydrogens (tertiary/aromatic N) is 2. The van der Waals surface area contributed by atoms with E-state index in [1.807, 2.05) is 73.0 Å². The van der Waals surface area contributed by atoms with E-state index >= 15 is 0 Å². The molecule has 0 bridgehead atoms. The molecule has 0 spiro atoms. The normalized spacial score (nSPS) is 15.2. The number of methoxy groups -OCH3 is 1. The van der Waals surface area contributed by atoms with E-state index in [1.165, 1.54) is 11.8 Å². The number of thioether (sulfide) groups is 1. The van der Waals surface area contributed by atoms with Gasteiger partial charge in [-0.25, -0.2) is 0 Å². The van der Waals surface area contributed by atoms with Gasteiger partial charge in [0.1, 0.15) is 19.0 Å². The van der Waals surface area contributed by atoms with E-state index in [2.05, 4.69) is 11.6 Å². The summed E-state index contributed by atoms with van der Waals surface area (Å²) in [7, 11) is 1.61. The van der Waals surface area contributed by atoms with Crippen LogP contribution in [0, 0.1) is 5.41 Å². The minimum absolute atomic E-state index is 0.0773. The maximum atomic E-state index is 12.9. The molecule has 8 nitrogen and oxygen atoms in total. The number of carbonyl (C=O) groups is 1. The van der Waals surface area contributed by atoms with Crippen LogP contribution in [0.25, 0.3) is 11.8 Å². The van der Waals surface area contributed by atoms with Crippen molar-refractivity contribution < 1.29 is 23.7 Å². The van der Waals surface area contributed by atoms with Crippen molar-refractivity contribution in [3.8, 4) is 23.0 Å². The average Bonchev–Trinajstić information content (AvgIpc) is 3.43. The van der Waals surface area contributed by atoms with Crippen LogP contribution in [-0.2, 0) is 11.2 Å². The van der Waals surface area contributed by atoms with E-state index in [-0.39, 0.29) is 18.0 Å². The highest BCUT2D eigenvalue weighted by molar-refractivity contribution is 8.17. The molecule has 3 aromatic rings. The lowest BCUT2D eigenvalue weighted by atomic mass is 10.1. The summed E-state index contributed by atoms with van der Waals surface area (Å²) in [6.07, 6.45) is 4.25. The molecule has 0 unspecified atom stereocenters. The van der Waals surface area contributed by atoms with Crippen LogP contribution in [0.1, 0.15) is 23.6 Å². The minimum Gasteiger partial charge on any atom is -0.493 e. The number of ether oxygens (including phenoxy) is 4. The van der Waals surface area contributed by atoms with Crippen LogP contribution in [-0.4, -0.2) is 48.7 Å². The Morgan fingerprint density at radius 3 is 2.40 bits per heavy atom. The second-order valence-corrected chi connectivity index (χ2v) is 10.1. The Morgan fingerprint density at radius 2 is 1.69 bits per heavy atom. The van der Waals surface area contributed by atoms with Crippen molar-refractivity contribution in [3.05, 3.63) is 107 Å². The van der Waals surface area contributed by atoms with E-state index in [9.17, 15) is 4.79 Å². The monoisotopic (exact) mass is 581 g/mol. The molecule has 214 valence electrons. The van der Waals surface area contributed by atoms with Crippen LogP contribution in [0.3, 0.4) is 0 Å². The summed E-state index contributed by atoms with van der Waals surface area (Å²) in [4.78, 5) is 18.9. The first-order valence-electron chi connectivity index (χ1n) is 13.5. The van der Waals surface area contributed by atoms with Crippen LogP contribution in [0.2, 0.25) is 0 Å². The topological polar surface area (TPSA) is 93.4 Å². The number of hydrogen-bond donors (Lipinski definition) is 1. The summed E-state index contributed by atoms with van der Waals surface area (Å²) >= 11 is 1.34. The van der Waals surface area contributed by atoms with Crippen LogP contribution in [0.5, 0.6) is 23.0 Å². The molecule has 0 aromatic heterocycles. The number of benzene rings is 3. The largest absolute Gasteiger partial charge is 0.493 e. The highest BCUT2D eigenvalue weighted by Gasteiger charge is 2.36. The third-order valence-electron chi connectivity index (χ3n) is 6.47. The van der Waals surface area contributed by atoms with Crippen LogP contribution < -0.4 is 18.9 Å². The van der Waals surface area contributed by atoms with Gasteiger partial charge in [-0.15, -0.1) is 6.58 Å². The molecule has 42 heavy (non-hydrogen) atoms. The van der Waals surface area contributed by atoms with Gasteiger partial charge in [-0.3, -0.25) is 15.1 Å². The fourth-order valence-corrected chi connectivity index (χ4v) is 5.40. The van der Waals surface area contributed by atoms with Crippen LogP contribution in [0.15, 0.2) is 95.4 Å². The van der Waals surface area contributed by atoms with Gasteiger partial charge in [-0.2, -0.15) is 4.99 Å². The van der Waals surface area contributed by atoms with Gasteiger partial charge < -0.3 is 18.9 Å². The molecule has 0 fully saturated rings. The average molecular weight is 582 g/mol. The molecule has 2 aliphatic rings. The van der Waals surface area contributed by atoms with Gasteiger partial charge in [0.05, 0.1) is 25.0 Å². The molecule has 0 saturated carbocycles. The Balaban J connectivity index is 1.29. The van der Waals surface area contributed by atoms with Gasteiger partial charge in [0.15, 0.2) is 28.2 Å². The smallest absolute Gasteiger partial charge is 0.283 e. The molecule has 1 amide bonds. The molecule has 2 heterocycles. The molecule has 9 heteroatoms. The fourth-order valence-electron chi connectivity index (χ4n) is 4.51. The zero-order valence-electron chi connectivity index (χ0n) is 23.5. The lowest BCUT2D eigenvalue weighted by Gasteiger charge is -2.27. The predicted molar refractivity (Wildman–Crippen MR) is 167 cm³/mol. The molecule has 3 aromatic carbocycles.